The van der Waals surface area contributed by atoms with Gasteiger partial charge in [0.1, 0.15) is 0 Å². The molecule has 2 aromatic rings. The van der Waals surface area contributed by atoms with Crippen molar-refractivity contribution in [2.75, 3.05) is 16.2 Å². The van der Waals surface area contributed by atoms with Crippen LogP contribution in [-0.4, -0.2) is 20.9 Å². The van der Waals surface area contributed by atoms with Crippen LogP contribution in [0, 0.1) is 33.6 Å². The molecule has 0 bridgehead atoms. The summed E-state index contributed by atoms with van der Waals surface area (Å²) >= 11 is 0. The molecule has 5 nitrogen and oxygen atoms in total. The first kappa shape index (κ1) is 19.0. The Hall–Kier alpha value is -2.34. The monoisotopic (exact) mass is 398 g/mol. The number of nitrogens with one attached hydrogen (secondary N) is 1. The van der Waals surface area contributed by atoms with Crippen LogP contribution in [0.5, 0.6) is 0 Å². The number of sulfonamides is 1. The Bertz CT molecular complexity index is 1060. The maximum Gasteiger partial charge on any atom is 0.262 e. The lowest BCUT2D eigenvalue weighted by Crippen LogP contribution is -2.30. The Balaban J connectivity index is 1.69. The highest BCUT2D eigenvalue weighted by Gasteiger charge is 2.36. The maximum absolute atomic E-state index is 13.2. The average Bonchev–Trinajstić information content (AvgIpc) is 3.39. The molecule has 2 aliphatic rings. The zero-order valence-corrected chi connectivity index (χ0v) is 17.6. The number of hydrogen-bond donors (Lipinski definition) is 1. The molecule has 28 heavy (non-hydrogen) atoms. The van der Waals surface area contributed by atoms with E-state index in [2.05, 4.69) is 4.72 Å². The number of aryl methyl sites for hydroxylation is 2. The van der Waals surface area contributed by atoms with Crippen LogP contribution < -0.4 is 9.62 Å². The number of benzene rings is 2. The first-order valence-corrected chi connectivity index (χ1v) is 11.2. The molecule has 0 radical (unpaired) electrons. The lowest BCUT2D eigenvalue weighted by atomic mass is 10.0. The molecule has 148 valence electrons. The fraction of sp³-hybridized carbons (Fsp3) is 0.409. The van der Waals surface area contributed by atoms with Crippen molar-refractivity contribution in [1.82, 2.24) is 0 Å². The third kappa shape index (κ3) is 3.20. The van der Waals surface area contributed by atoms with E-state index in [-0.39, 0.29) is 11.8 Å². The Morgan fingerprint density at radius 2 is 1.68 bits per heavy atom. The van der Waals surface area contributed by atoms with Gasteiger partial charge in [0.05, 0.1) is 10.6 Å². The van der Waals surface area contributed by atoms with Crippen LogP contribution in [0.15, 0.2) is 29.2 Å². The Morgan fingerprint density at radius 1 is 1.04 bits per heavy atom. The van der Waals surface area contributed by atoms with Gasteiger partial charge >= 0.3 is 0 Å². The van der Waals surface area contributed by atoms with Gasteiger partial charge in [0, 0.05) is 18.2 Å². The van der Waals surface area contributed by atoms with E-state index in [4.69, 9.17) is 0 Å². The second kappa shape index (κ2) is 6.62. The molecule has 4 rings (SSSR count). The summed E-state index contributed by atoms with van der Waals surface area (Å²) in [6.07, 6.45) is 2.74. The summed E-state index contributed by atoms with van der Waals surface area (Å²) in [6, 6.07) is 7.53. The highest BCUT2D eigenvalue weighted by atomic mass is 32.2. The number of carbonyl (C=O) groups excluding carboxylic acids is 1. The summed E-state index contributed by atoms with van der Waals surface area (Å²) in [5.41, 5.74) is 5.87. The van der Waals surface area contributed by atoms with Gasteiger partial charge in [-0.15, -0.1) is 0 Å². The molecule has 1 aliphatic heterocycles. The lowest BCUT2D eigenvalue weighted by Gasteiger charge is -2.19. The van der Waals surface area contributed by atoms with Gasteiger partial charge in [0.25, 0.3) is 10.0 Å². The number of rotatable bonds is 4. The molecule has 0 aromatic heterocycles. The van der Waals surface area contributed by atoms with Crippen molar-refractivity contribution in [3.05, 3.63) is 52.1 Å². The summed E-state index contributed by atoms with van der Waals surface area (Å²) < 4.78 is 29.1. The normalized spacial score (nSPS) is 16.2. The average molecular weight is 399 g/mol. The predicted molar refractivity (Wildman–Crippen MR) is 111 cm³/mol. The molecule has 2 aromatic carbocycles. The Morgan fingerprint density at radius 3 is 2.29 bits per heavy atom. The second-order valence-corrected chi connectivity index (χ2v) is 9.67. The van der Waals surface area contributed by atoms with E-state index in [1.54, 1.807) is 12.1 Å². The molecular weight excluding hydrogens is 372 g/mol. The molecule has 1 amide bonds. The van der Waals surface area contributed by atoms with Gasteiger partial charge in [0.15, 0.2) is 0 Å². The summed E-state index contributed by atoms with van der Waals surface area (Å²) in [6.45, 7) is 8.22. The minimum atomic E-state index is -3.73. The fourth-order valence-electron chi connectivity index (χ4n) is 4.01. The predicted octanol–water partition coefficient (Wildman–Crippen LogP) is 4.02. The van der Waals surface area contributed by atoms with E-state index < -0.39 is 10.0 Å². The number of amides is 1. The molecular formula is C22H26N2O3S. The van der Waals surface area contributed by atoms with Gasteiger partial charge in [0.2, 0.25) is 5.91 Å². The van der Waals surface area contributed by atoms with Crippen molar-refractivity contribution >= 4 is 27.3 Å². The van der Waals surface area contributed by atoms with Crippen LogP contribution in [0.3, 0.4) is 0 Å². The van der Waals surface area contributed by atoms with Crippen molar-refractivity contribution < 1.29 is 13.2 Å². The second-order valence-electron chi connectivity index (χ2n) is 8.05. The van der Waals surface area contributed by atoms with Crippen LogP contribution in [0.2, 0.25) is 0 Å². The van der Waals surface area contributed by atoms with E-state index in [9.17, 15) is 13.2 Å². The van der Waals surface area contributed by atoms with Crippen molar-refractivity contribution in [3.8, 4) is 0 Å². The molecule has 1 aliphatic carbocycles. The molecule has 1 N–H and O–H groups in total. The van der Waals surface area contributed by atoms with Crippen LogP contribution in [-0.2, 0) is 21.2 Å². The third-order valence-corrected chi connectivity index (χ3v) is 7.65. The van der Waals surface area contributed by atoms with Crippen LogP contribution in [0.1, 0.15) is 40.7 Å². The minimum absolute atomic E-state index is 0.145. The molecule has 0 saturated heterocycles. The highest BCUT2D eigenvalue weighted by molar-refractivity contribution is 7.92. The number of fused-ring (bicyclic) bond motifs is 1. The van der Waals surface area contributed by atoms with Crippen molar-refractivity contribution in [1.29, 1.82) is 0 Å². The summed E-state index contributed by atoms with van der Waals surface area (Å²) in [5.74, 6) is 0.312. The maximum atomic E-state index is 13.2. The highest BCUT2D eigenvalue weighted by Crippen LogP contribution is 2.38. The fourth-order valence-corrected chi connectivity index (χ4v) is 5.68. The van der Waals surface area contributed by atoms with Crippen LogP contribution >= 0.6 is 0 Å². The molecule has 6 heteroatoms. The summed E-state index contributed by atoms with van der Waals surface area (Å²) in [4.78, 5) is 14.7. The third-order valence-electron chi connectivity index (χ3n) is 5.99. The van der Waals surface area contributed by atoms with Crippen LogP contribution in [0.4, 0.5) is 11.4 Å². The molecule has 1 saturated carbocycles. The van der Waals surface area contributed by atoms with Crippen molar-refractivity contribution in [3.63, 3.8) is 0 Å². The van der Waals surface area contributed by atoms with E-state index in [0.29, 0.717) is 17.1 Å². The van der Waals surface area contributed by atoms with Gasteiger partial charge in [-0.05, 0) is 86.9 Å². The largest absolute Gasteiger partial charge is 0.312 e. The molecule has 0 unspecified atom stereocenters. The van der Waals surface area contributed by atoms with Crippen molar-refractivity contribution in [2.24, 2.45) is 5.92 Å². The van der Waals surface area contributed by atoms with E-state index >= 15 is 0 Å². The molecule has 1 fully saturated rings. The zero-order chi connectivity index (χ0) is 20.2. The smallest absolute Gasteiger partial charge is 0.262 e. The van der Waals surface area contributed by atoms with E-state index in [1.165, 1.54) is 0 Å². The quantitative estimate of drug-likeness (QED) is 0.846. The van der Waals surface area contributed by atoms with E-state index in [0.717, 1.165) is 52.8 Å². The van der Waals surface area contributed by atoms with Gasteiger partial charge in [-0.2, -0.15) is 0 Å². The number of anilines is 2. The van der Waals surface area contributed by atoms with E-state index in [1.807, 2.05) is 44.7 Å². The molecule has 0 atom stereocenters. The summed E-state index contributed by atoms with van der Waals surface area (Å²) in [7, 11) is -3.73. The Kier molecular flexibility index (Phi) is 4.49. The molecule has 0 spiro atoms. The first-order chi connectivity index (χ1) is 13.2. The van der Waals surface area contributed by atoms with Gasteiger partial charge in [-0.25, -0.2) is 8.42 Å². The topological polar surface area (TPSA) is 66.5 Å². The number of carbonyl (C=O) groups is 1. The van der Waals surface area contributed by atoms with Gasteiger partial charge in [-0.1, -0.05) is 12.1 Å². The lowest BCUT2D eigenvalue weighted by molar-refractivity contribution is -0.119. The number of nitrogens with zero attached hydrogens (tertiary/aromatic N) is 1. The van der Waals surface area contributed by atoms with Crippen LogP contribution in [0.25, 0.3) is 0 Å². The van der Waals surface area contributed by atoms with Gasteiger partial charge in [-0.3, -0.25) is 9.52 Å². The zero-order valence-electron chi connectivity index (χ0n) is 16.8. The molecule has 1 heterocycles. The van der Waals surface area contributed by atoms with Crippen molar-refractivity contribution in [2.45, 2.75) is 51.9 Å². The Labute approximate surface area is 166 Å². The van der Waals surface area contributed by atoms with Gasteiger partial charge < -0.3 is 4.90 Å². The SMILES string of the molecule is Cc1cc(C)c(C)c(S(=O)(=O)Nc2ccc3c(c2)N(C(=O)C2CC2)CC3)c1C. The minimum Gasteiger partial charge on any atom is -0.312 e. The standard InChI is InChI=1S/C22H26N2O3S/c1-13-11-14(2)16(4)21(15(13)3)28(26,27)23-19-8-7-17-9-10-24(20(17)12-19)22(25)18-5-6-18/h7-8,11-12,18,23H,5-6,9-10H2,1-4H3. The summed E-state index contributed by atoms with van der Waals surface area (Å²) in [5, 5.41) is 0. The number of hydrogen-bond acceptors (Lipinski definition) is 3. The first-order valence-electron chi connectivity index (χ1n) is 9.73.